The topological polar surface area (TPSA) is 70.5 Å². The molecule has 0 atom stereocenters. The zero-order chi connectivity index (χ0) is 19.0. The average Bonchev–Trinajstić information content (AvgIpc) is 2.66. The minimum atomic E-state index is -0.732. The molecule has 1 aromatic carbocycles. The number of aromatic nitrogens is 2. The standard InChI is InChI=1S/C20H26N2O4/c1-5-25-19(23)20(2,3)16-9-6-8-15(14-16)17-10-11-18(22-21-17)26-13-7-12-24-4/h6,8-11,14H,5,7,12-13H2,1-4H3. The smallest absolute Gasteiger partial charge is 0.315 e. The fraction of sp³-hybridized carbons (Fsp3) is 0.450. The van der Waals surface area contributed by atoms with Gasteiger partial charge in [-0.3, -0.25) is 4.79 Å². The molecule has 6 nitrogen and oxygen atoms in total. The Morgan fingerprint density at radius 1 is 1.12 bits per heavy atom. The fourth-order valence-electron chi connectivity index (χ4n) is 2.43. The molecule has 0 bridgehead atoms. The van der Waals surface area contributed by atoms with E-state index >= 15 is 0 Å². The highest BCUT2D eigenvalue weighted by Gasteiger charge is 2.31. The van der Waals surface area contributed by atoms with Gasteiger partial charge in [-0.05, 0) is 38.5 Å². The number of carbonyl (C=O) groups is 1. The summed E-state index contributed by atoms with van der Waals surface area (Å²) < 4.78 is 15.7. The number of nitrogens with zero attached hydrogens (tertiary/aromatic N) is 2. The molecule has 140 valence electrons. The van der Waals surface area contributed by atoms with Crippen LogP contribution in [0.25, 0.3) is 11.3 Å². The normalized spacial score (nSPS) is 11.2. The van der Waals surface area contributed by atoms with Gasteiger partial charge in [0.1, 0.15) is 0 Å². The van der Waals surface area contributed by atoms with Gasteiger partial charge in [-0.2, -0.15) is 0 Å². The third-order valence-corrected chi connectivity index (χ3v) is 4.05. The highest BCUT2D eigenvalue weighted by Crippen LogP contribution is 2.28. The van der Waals surface area contributed by atoms with Gasteiger partial charge in [0.2, 0.25) is 5.88 Å². The lowest BCUT2D eigenvalue weighted by molar-refractivity contribution is -0.148. The molecule has 6 heteroatoms. The Morgan fingerprint density at radius 3 is 2.58 bits per heavy atom. The predicted octanol–water partition coefficient (Wildman–Crippen LogP) is 3.40. The summed E-state index contributed by atoms with van der Waals surface area (Å²) in [4.78, 5) is 12.2. The van der Waals surface area contributed by atoms with Crippen LogP contribution in [0.2, 0.25) is 0 Å². The zero-order valence-electron chi connectivity index (χ0n) is 15.8. The van der Waals surface area contributed by atoms with E-state index in [1.54, 1.807) is 20.1 Å². The van der Waals surface area contributed by atoms with Gasteiger partial charge in [0, 0.05) is 31.8 Å². The molecule has 0 aliphatic rings. The van der Waals surface area contributed by atoms with Gasteiger partial charge in [0.15, 0.2) is 0 Å². The zero-order valence-corrected chi connectivity index (χ0v) is 15.8. The van der Waals surface area contributed by atoms with Crippen molar-refractivity contribution in [1.82, 2.24) is 10.2 Å². The second-order valence-electron chi connectivity index (χ2n) is 6.38. The SMILES string of the molecule is CCOC(=O)C(C)(C)c1cccc(-c2ccc(OCCCOC)nn2)c1. The molecule has 0 fully saturated rings. The van der Waals surface area contributed by atoms with Crippen molar-refractivity contribution < 1.29 is 19.0 Å². The summed E-state index contributed by atoms with van der Waals surface area (Å²) in [5.41, 5.74) is 1.74. The van der Waals surface area contributed by atoms with Crippen LogP contribution in [0.5, 0.6) is 5.88 Å². The lowest BCUT2D eigenvalue weighted by Gasteiger charge is -2.23. The van der Waals surface area contributed by atoms with Crippen LogP contribution in [0.15, 0.2) is 36.4 Å². The Morgan fingerprint density at radius 2 is 1.92 bits per heavy atom. The molecule has 0 unspecified atom stereocenters. The van der Waals surface area contributed by atoms with Crippen LogP contribution in [0.1, 0.15) is 32.8 Å². The monoisotopic (exact) mass is 358 g/mol. The molecule has 2 rings (SSSR count). The van der Waals surface area contributed by atoms with Crippen molar-refractivity contribution in [3.63, 3.8) is 0 Å². The van der Waals surface area contributed by atoms with Crippen molar-refractivity contribution in [3.8, 4) is 17.1 Å². The highest BCUT2D eigenvalue weighted by molar-refractivity contribution is 5.82. The number of benzene rings is 1. The van der Waals surface area contributed by atoms with E-state index in [0.29, 0.717) is 25.7 Å². The summed E-state index contributed by atoms with van der Waals surface area (Å²) in [5, 5.41) is 8.33. The maximum Gasteiger partial charge on any atom is 0.315 e. The van der Waals surface area contributed by atoms with Crippen LogP contribution in [0.3, 0.4) is 0 Å². The largest absolute Gasteiger partial charge is 0.477 e. The summed E-state index contributed by atoms with van der Waals surface area (Å²) >= 11 is 0. The number of rotatable bonds is 9. The molecule has 26 heavy (non-hydrogen) atoms. The molecule has 0 aliphatic heterocycles. The molecule has 2 aromatic rings. The summed E-state index contributed by atoms with van der Waals surface area (Å²) in [6, 6.07) is 11.4. The number of methoxy groups -OCH3 is 1. The maximum atomic E-state index is 12.2. The van der Waals surface area contributed by atoms with Crippen LogP contribution >= 0.6 is 0 Å². The number of hydrogen-bond acceptors (Lipinski definition) is 6. The van der Waals surface area contributed by atoms with Gasteiger partial charge >= 0.3 is 5.97 Å². The maximum absolute atomic E-state index is 12.2. The Hall–Kier alpha value is -2.47. The van der Waals surface area contributed by atoms with E-state index in [2.05, 4.69) is 10.2 Å². The van der Waals surface area contributed by atoms with E-state index in [1.165, 1.54) is 0 Å². The van der Waals surface area contributed by atoms with E-state index in [1.807, 2.05) is 44.2 Å². The van der Waals surface area contributed by atoms with Crippen LogP contribution in [0.4, 0.5) is 0 Å². The van der Waals surface area contributed by atoms with Gasteiger partial charge in [0.05, 0.1) is 24.3 Å². The van der Waals surface area contributed by atoms with Gasteiger partial charge in [-0.25, -0.2) is 0 Å². The van der Waals surface area contributed by atoms with Crippen molar-refractivity contribution in [2.45, 2.75) is 32.6 Å². The number of carbonyl (C=O) groups excluding carboxylic acids is 1. The first-order chi connectivity index (χ1) is 12.5. The van der Waals surface area contributed by atoms with E-state index < -0.39 is 5.41 Å². The second-order valence-corrected chi connectivity index (χ2v) is 6.38. The average molecular weight is 358 g/mol. The molecule has 0 saturated heterocycles. The fourth-order valence-corrected chi connectivity index (χ4v) is 2.43. The number of ether oxygens (including phenoxy) is 3. The summed E-state index contributed by atoms with van der Waals surface area (Å²) in [7, 11) is 1.66. The minimum Gasteiger partial charge on any atom is -0.477 e. The minimum absolute atomic E-state index is 0.247. The first-order valence-electron chi connectivity index (χ1n) is 8.72. The third kappa shape index (κ3) is 5.02. The molecule has 0 radical (unpaired) electrons. The lowest BCUT2D eigenvalue weighted by Crippen LogP contribution is -2.31. The van der Waals surface area contributed by atoms with E-state index in [9.17, 15) is 4.79 Å². The molecule has 0 saturated carbocycles. The van der Waals surface area contributed by atoms with Crippen molar-refractivity contribution >= 4 is 5.97 Å². The van der Waals surface area contributed by atoms with Crippen molar-refractivity contribution in [2.75, 3.05) is 26.9 Å². The molecule has 0 amide bonds. The second kappa shape index (κ2) is 9.29. The van der Waals surface area contributed by atoms with Gasteiger partial charge in [-0.1, -0.05) is 18.2 Å². The molecular formula is C20H26N2O4. The third-order valence-electron chi connectivity index (χ3n) is 4.05. The summed E-state index contributed by atoms with van der Waals surface area (Å²) in [5.74, 6) is 0.232. The van der Waals surface area contributed by atoms with Crippen LogP contribution in [0, 0.1) is 0 Å². The first-order valence-corrected chi connectivity index (χ1v) is 8.72. The van der Waals surface area contributed by atoms with Crippen LogP contribution in [-0.4, -0.2) is 43.1 Å². The Labute approximate surface area is 154 Å². The van der Waals surface area contributed by atoms with E-state index in [-0.39, 0.29) is 5.97 Å². The van der Waals surface area contributed by atoms with Crippen LogP contribution < -0.4 is 4.74 Å². The quantitative estimate of drug-likeness (QED) is 0.505. The van der Waals surface area contributed by atoms with Gasteiger partial charge in [-0.15, -0.1) is 10.2 Å². The Kier molecular flexibility index (Phi) is 7.09. The Balaban J connectivity index is 2.13. The summed E-state index contributed by atoms with van der Waals surface area (Å²) in [6.07, 6.45) is 0.797. The molecule has 1 aromatic heterocycles. The van der Waals surface area contributed by atoms with Crippen LogP contribution in [-0.2, 0) is 19.7 Å². The number of esters is 1. The lowest BCUT2D eigenvalue weighted by atomic mass is 9.83. The molecule has 0 N–H and O–H groups in total. The molecule has 1 heterocycles. The van der Waals surface area contributed by atoms with Crippen molar-refractivity contribution in [1.29, 1.82) is 0 Å². The molecule has 0 aliphatic carbocycles. The number of hydrogen-bond donors (Lipinski definition) is 0. The molecule has 0 spiro atoms. The summed E-state index contributed by atoms with van der Waals surface area (Å²) in [6.45, 7) is 7.05. The van der Waals surface area contributed by atoms with Crippen molar-refractivity contribution in [3.05, 3.63) is 42.0 Å². The van der Waals surface area contributed by atoms with Crippen molar-refractivity contribution in [2.24, 2.45) is 0 Å². The van der Waals surface area contributed by atoms with Gasteiger partial charge < -0.3 is 14.2 Å². The molecular weight excluding hydrogens is 332 g/mol. The van der Waals surface area contributed by atoms with Gasteiger partial charge in [0.25, 0.3) is 0 Å². The van der Waals surface area contributed by atoms with E-state index in [0.717, 1.165) is 23.2 Å². The van der Waals surface area contributed by atoms with E-state index in [4.69, 9.17) is 14.2 Å². The Bertz CT molecular complexity index is 714. The highest BCUT2D eigenvalue weighted by atomic mass is 16.5. The predicted molar refractivity (Wildman–Crippen MR) is 99.1 cm³/mol. The first kappa shape index (κ1) is 19.8.